The number of amides is 1. The molecule has 0 aliphatic rings. The van der Waals surface area contributed by atoms with E-state index in [1.165, 1.54) is 45.4 Å². The molecule has 0 aromatic heterocycles. The molecule has 0 spiro atoms. The van der Waals surface area contributed by atoms with Crippen LogP contribution in [0.1, 0.15) is 38.0 Å². The molecule has 0 atom stereocenters. The standard InChI is InChI=1S/C20H19NO7/c1-12(22)13-5-4-6-15(9-13)28-11-18(23)21-17-10-14(19(24)26-2)7-8-16(17)20(25)27-3/h4-10H,11H2,1-3H3,(H,21,23). The lowest BCUT2D eigenvalue weighted by molar-refractivity contribution is -0.118. The summed E-state index contributed by atoms with van der Waals surface area (Å²) in [6.07, 6.45) is 0. The van der Waals surface area contributed by atoms with Crippen LogP contribution < -0.4 is 10.1 Å². The van der Waals surface area contributed by atoms with Gasteiger partial charge in [0, 0.05) is 5.56 Å². The molecule has 0 aliphatic heterocycles. The average molecular weight is 385 g/mol. The van der Waals surface area contributed by atoms with E-state index < -0.39 is 17.8 Å². The number of hydrogen-bond acceptors (Lipinski definition) is 7. The van der Waals surface area contributed by atoms with E-state index >= 15 is 0 Å². The molecule has 0 radical (unpaired) electrons. The maximum Gasteiger partial charge on any atom is 0.339 e. The van der Waals surface area contributed by atoms with Gasteiger partial charge in [-0.1, -0.05) is 12.1 Å². The van der Waals surface area contributed by atoms with Gasteiger partial charge < -0.3 is 19.5 Å². The first-order chi connectivity index (χ1) is 13.3. The van der Waals surface area contributed by atoms with Gasteiger partial charge in [-0.15, -0.1) is 0 Å². The maximum atomic E-state index is 12.2. The molecule has 0 saturated heterocycles. The van der Waals surface area contributed by atoms with Gasteiger partial charge in [-0.25, -0.2) is 9.59 Å². The molecular weight excluding hydrogens is 366 g/mol. The number of rotatable bonds is 7. The summed E-state index contributed by atoms with van der Waals surface area (Å²) in [4.78, 5) is 47.2. The minimum absolute atomic E-state index is 0.0714. The largest absolute Gasteiger partial charge is 0.484 e. The van der Waals surface area contributed by atoms with Crippen molar-refractivity contribution >= 4 is 29.3 Å². The first kappa shape index (κ1) is 20.6. The number of carbonyl (C=O) groups is 4. The van der Waals surface area contributed by atoms with E-state index in [0.717, 1.165) is 0 Å². The van der Waals surface area contributed by atoms with Crippen molar-refractivity contribution in [2.45, 2.75) is 6.92 Å². The molecule has 0 aliphatic carbocycles. The number of carbonyl (C=O) groups excluding carboxylic acids is 4. The fourth-order valence-corrected chi connectivity index (χ4v) is 2.32. The van der Waals surface area contributed by atoms with Crippen LogP contribution in [0.15, 0.2) is 42.5 Å². The lowest BCUT2D eigenvalue weighted by Crippen LogP contribution is -2.22. The van der Waals surface area contributed by atoms with Crippen LogP contribution in [0.2, 0.25) is 0 Å². The third-order valence-corrected chi connectivity index (χ3v) is 3.73. The van der Waals surface area contributed by atoms with Crippen molar-refractivity contribution in [2.24, 2.45) is 0 Å². The van der Waals surface area contributed by atoms with Crippen molar-refractivity contribution in [3.8, 4) is 5.75 Å². The Morgan fingerprint density at radius 2 is 1.61 bits per heavy atom. The molecule has 0 heterocycles. The molecule has 2 aromatic carbocycles. The summed E-state index contributed by atoms with van der Waals surface area (Å²) >= 11 is 0. The van der Waals surface area contributed by atoms with Crippen LogP contribution in [-0.2, 0) is 14.3 Å². The number of ether oxygens (including phenoxy) is 3. The molecule has 28 heavy (non-hydrogen) atoms. The summed E-state index contributed by atoms with van der Waals surface area (Å²) in [6, 6.07) is 10.5. The van der Waals surface area contributed by atoms with Crippen molar-refractivity contribution in [2.75, 3.05) is 26.1 Å². The van der Waals surface area contributed by atoms with Gasteiger partial charge in [-0.3, -0.25) is 9.59 Å². The number of benzene rings is 2. The van der Waals surface area contributed by atoms with Gasteiger partial charge in [0.15, 0.2) is 12.4 Å². The Hall–Kier alpha value is -3.68. The molecule has 1 amide bonds. The highest BCUT2D eigenvalue weighted by Crippen LogP contribution is 2.20. The number of nitrogens with one attached hydrogen (secondary N) is 1. The Morgan fingerprint density at radius 3 is 2.25 bits per heavy atom. The van der Waals surface area contributed by atoms with Gasteiger partial charge in [0.1, 0.15) is 5.75 Å². The van der Waals surface area contributed by atoms with E-state index in [4.69, 9.17) is 4.74 Å². The van der Waals surface area contributed by atoms with Crippen molar-refractivity contribution < 1.29 is 33.4 Å². The summed E-state index contributed by atoms with van der Waals surface area (Å²) in [5.74, 6) is -1.65. The molecule has 146 valence electrons. The Morgan fingerprint density at radius 1 is 0.893 bits per heavy atom. The molecule has 2 aromatic rings. The van der Waals surface area contributed by atoms with E-state index in [-0.39, 0.29) is 29.2 Å². The van der Waals surface area contributed by atoms with Gasteiger partial charge in [0.05, 0.1) is 31.0 Å². The molecule has 2 rings (SSSR count). The summed E-state index contributed by atoms with van der Waals surface area (Å²) in [5.41, 5.74) is 0.764. The second kappa shape index (κ2) is 9.31. The van der Waals surface area contributed by atoms with Crippen LogP contribution in [0.3, 0.4) is 0 Å². The predicted molar refractivity (Wildman–Crippen MR) is 99.7 cm³/mol. The Balaban J connectivity index is 2.15. The van der Waals surface area contributed by atoms with E-state index in [9.17, 15) is 19.2 Å². The van der Waals surface area contributed by atoms with Crippen LogP contribution in [0, 0.1) is 0 Å². The zero-order valence-electron chi connectivity index (χ0n) is 15.6. The third-order valence-electron chi connectivity index (χ3n) is 3.73. The topological polar surface area (TPSA) is 108 Å². The molecule has 8 heteroatoms. The van der Waals surface area contributed by atoms with Crippen LogP contribution in [0.25, 0.3) is 0 Å². The predicted octanol–water partition coefficient (Wildman–Crippen LogP) is 2.48. The van der Waals surface area contributed by atoms with Crippen molar-refractivity contribution in [1.82, 2.24) is 0 Å². The molecule has 0 bridgehead atoms. The summed E-state index contributed by atoms with van der Waals surface area (Å²) in [7, 11) is 2.42. The summed E-state index contributed by atoms with van der Waals surface area (Å²) in [5, 5.41) is 2.51. The quantitative estimate of drug-likeness (QED) is 0.576. The minimum Gasteiger partial charge on any atom is -0.484 e. The number of methoxy groups -OCH3 is 2. The Kier molecular flexibility index (Phi) is 6.86. The minimum atomic E-state index is -0.679. The van der Waals surface area contributed by atoms with Crippen LogP contribution in [-0.4, -0.2) is 44.5 Å². The number of hydrogen-bond donors (Lipinski definition) is 1. The molecule has 0 saturated carbocycles. The van der Waals surface area contributed by atoms with E-state index in [2.05, 4.69) is 14.8 Å². The number of anilines is 1. The summed E-state index contributed by atoms with van der Waals surface area (Å²) in [6.45, 7) is 1.05. The normalized spacial score (nSPS) is 9.96. The molecule has 0 unspecified atom stereocenters. The molecule has 0 fully saturated rings. The van der Waals surface area contributed by atoms with E-state index in [1.54, 1.807) is 18.2 Å². The fourth-order valence-electron chi connectivity index (χ4n) is 2.32. The highest BCUT2D eigenvalue weighted by atomic mass is 16.5. The van der Waals surface area contributed by atoms with E-state index in [1.807, 2.05) is 0 Å². The van der Waals surface area contributed by atoms with Gasteiger partial charge in [0.2, 0.25) is 0 Å². The number of esters is 2. The van der Waals surface area contributed by atoms with Crippen LogP contribution in [0.5, 0.6) is 5.75 Å². The van der Waals surface area contributed by atoms with Crippen LogP contribution >= 0.6 is 0 Å². The highest BCUT2D eigenvalue weighted by molar-refractivity contribution is 6.03. The zero-order chi connectivity index (χ0) is 20.7. The SMILES string of the molecule is COC(=O)c1ccc(C(=O)OC)c(NC(=O)COc2cccc(C(C)=O)c2)c1. The van der Waals surface area contributed by atoms with Crippen LogP contribution in [0.4, 0.5) is 5.69 Å². The fraction of sp³-hybridized carbons (Fsp3) is 0.200. The monoisotopic (exact) mass is 385 g/mol. The lowest BCUT2D eigenvalue weighted by Gasteiger charge is -2.12. The number of ketones is 1. The smallest absolute Gasteiger partial charge is 0.339 e. The van der Waals surface area contributed by atoms with Gasteiger partial charge in [-0.2, -0.15) is 0 Å². The lowest BCUT2D eigenvalue weighted by atomic mass is 10.1. The van der Waals surface area contributed by atoms with Gasteiger partial charge in [0.25, 0.3) is 5.91 Å². The molecule has 1 N–H and O–H groups in total. The van der Waals surface area contributed by atoms with Crippen molar-refractivity contribution in [3.63, 3.8) is 0 Å². The number of Topliss-reactive ketones (excluding diaryl/α,β-unsaturated/α-hetero) is 1. The average Bonchev–Trinajstić information content (AvgIpc) is 2.71. The third kappa shape index (κ3) is 5.16. The van der Waals surface area contributed by atoms with Gasteiger partial charge in [-0.05, 0) is 37.3 Å². The molecular formula is C20H19NO7. The van der Waals surface area contributed by atoms with Crippen molar-refractivity contribution in [1.29, 1.82) is 0 Å². The van der Waals surface area contributed by atoms with Crippen molar-refractivity contribution in [3.05, 3.63) is 59.2 Å². The Labute approximate surface area is 161 Å². The van der Waals surface area contributed by atoms with Gasteiger partial charge >= 0.3 is 11.9 Å². The molecule has 8 nitrogen and oxygen atoms in total. The second-order valence-electron chi connectivity index (χ2n) is 5.66. The zero-order valence-corrected chi connectivity index (χ0v) is 15.6. The highest BCUT2D eigenvalue weighted by Gasteiger charge is 2.17. The first-order valence-corrected chi connectivity index (χ1v) is 8.20. The second-order valence-corrected chi connectivity index (χ2v) is 5.66. The first-order valence-electron chi connectivity index (χ1n) is 8.20. The Bertz CT molecular complexity index is 921. The van der Waals surface area contributed by atoms with E-state index in [0.29, 0.717) is 11.3 Å². The maximum absolute atomic E-state index is 12.2. The summed E-state index contributed by atoms with van der Waals surface area (Å²) < 4.78 is 14.7.